The summed E-state index contributed by atoms with van der Waals surface area (Å²) in [6, 6.07) is 0. The molecule has 0 fully saturated rings. The van der Waals surface area contributed by atoms with Gasteiger partial charge in [-0.2, -0.15) is 0 Å². The van der Waals surface area contributed by atoms with E-state index in [0.717, 1.165) is 12.8 Å². The molecule has 2 nitrogen and oxygen atoms in total. The maximum absolute atomic E-state index is 10.6. The van der Waals surface area contributed by atoms with Crippen molar-refractivity contribution in [2.24, 2.45) is 5.92 Å². The number of rotatable bonds is 2. The van der Waals surface area contributed by atoms with Crippen LogP contribution >= 0.6 is 0 Å². The monoisotopic (exact) mass is 194 g/mol. The molecule has 2 heteroatoms. The molecule has 0 bridgehead atoms. The normalized spacial score (nSPS) is 22.9. The van der Waals surface area contributed by atoms with E-state index in [9.17, 15) is 4.79 Å². The lowest BCUT2D eigenvalue weighted by Gasteiger charge is -2.20. The van der Waals surface area contributed by atoms with E-state index in [1.165, 1.54) is 24.5 Å². The predicted molar refractivity (Wildman–Crippen MR) is 56.6 cm³/mol. The lowest BCUT2D eigenvalue weighted by atomic mass is 9.86. The molecule has 0 radical (unpaired) electrons. The molecule has 1 rings (SSSR count). The van der Waals surface area contributed by atoms with Crippen LogP contribution in [-0.2, 0) is 9.53 Å². The van der Waals surface area contributed by atoms with Gasteiger partial charge in [-0.3, -0.25) is 4.79 Å². The Morgan fingerprint density at radius 1 is 1.57 bits per heavy atom. The second kappa shape index (κ2) is 4.99. The van der Waals surface area contributed by atoms with Crippen LogP contribution < -0.4 is 0 Å². The van der Waals surface area contributed by atoms with Crippen LogP contribution in [0.3, 0.4) is 0 Å². The zero-order valence-corrected chi connectivity index (χ0v) is 9.17. The molecule has 0 saturated carbocycles. The minimum absolute atomic E-state index is 0.244. The highest BCUT2D eigenvalue weighted by Gasteiger charge is 2.14. The smallest absolute Gasteiger partial charge is 0.307 e. The highest BCUT2D eigenvalue weighted by molar-refractivity contribution is 5.66. The Morgan fingerprint density at radius 3 is 2.79 bits per heavy atom. The second-order valence-corrected chi connectivity index (χ2v) is 3.99. The van der Waals surface area contributed by atoms with Crippen molar-refractivity contribution >= 4 is 5.97 Å². The van der Waals surface area contributed by atoms with E-state index in [2.05, 4.69) is 13.0 Å². The molecule has 0 unspecified atom stereocenters. The van der Waals surface area contributed by atoms with Crippen molar-refractivity contribution < 1.29 is 9.53 Å². The number of ether oxygens (including phenoxy) is 1. The molecule has 0 aromatic carbocycles. The van der Waals surface area contributed by atoms with Gasteiger partial charge in [-0.25, -0.2) is 0 Å². The first-order valence-corrected chi connectivity index (χ1v) is 5.09. The van der Waals surface area contributed by atoms with Gasteiger partial charge in [-0.05, 0) is 44.6 Å². The van der Waals surface area contributed by atoms with Gasteiger partial charge >= 0.3 is 5.97 Å². The Balaban J connectivity index is 2.49. The largest absolute Gasteiger partial charge is 0.435 e. The molecule has 0 heterocycles. The summed E-state index contributed by atoms with van der Waals surface area (Å²) in [5.74, 6) is 0.310. The summed E-state index contributed by atoms with van der Waals surface area (Å²) in [6.07, 6.45) is 7.29. The standard InChI is InChI=1S/C12H18O2/c1-9-4-6-12(7-5-9)10(2)8-14-11(3)13/h4,8,12H,5-7H2,1-3H3/b10-8+/t12-/m1/s1. The molecule has 1 aliphatic rings. The average molecular weight is 194 g/mol. The Labute approximate surface area is 85.6 Å². The fourth-order valence-electron chi connectivity index (χ4n) is 1.65. The third-order valence-corrected chi connectivity index (χ3v) is 2.69. The SMILES string of the molecule is CC(=O)O/C=C(\C)[C@@H]1CC=C(C)CC1. The summed E-state index contributed by atoms with van der Waals surface area (Å²) in [6.45, 7) is 5.62. The van der Waals surface area contributed by atoms with Crippen LogP contribution in [0.25, 0.3) is 0 Å². The molecular formula is C12H18O2. The molecule has 0 amide bonds. The second-order valence-electron chi connectivity index (χ2n) is 3.99. The summed E-state index contributed by atoms with van der Waals surface area (Å²) in [5.41, 5.74) is 2.64. The third kappa shape index (κ3) is 3.36. The predicted octanol–water partition coefficient (Wildman–Crippen LogP) is 3.20. The van der Waals surface area contributed by atoms with Crippen LogP contribution in [0.4, 0.5) is 0 Å². The summed E-state index contributed by atoms with van der Waals surface area (Å²) >= 11 is 0. The molecule has 0 spiro atoms. The summed E-state index contributed by atoms with van der Waals surface area (Å²) in [7, 11) is 0. The van der Waals surface area contributed by atoms with Crippen molar-refractivity contribution in [3.8, 4) is 0 Å². The van der Waals surface area contributed by atoms with Gasteiger partial charge in [0.15, 0.2) is 0 Å². The molecule has 0 saturated heterocycles. The minimum atomic E-state index is -0.244. The molecule has 14 heavy (non-hydrogen) atoms. The van der Waals surface area contributed by atoms with E-state index in [1.54, 1.807) is 6.26 Å². The molecule has 78 valence electrons. The number of hydrogen-bond acceptors (Lipinski definition) is 2. The van der Waals surface area contributed by atoms with Crippen LogP contribution in [0.5, 0.6) is 0 Å². The van der Waals surface area contributed by atoms with Gasteiger partial charge in [0.05, 0.1) is 6.26 Å². The van der Waals surface area contributed by atoms with Crippen molar-refractivity contribution in [3.63, 3.8) is 0 Å². The van der Waals surface area contributed by atoms with Gasteiger partial charge in [0.1, 0.15) is 0 Å². The van der Waals surface area contributed by atoms with Crippen LogP contribution in [0.1, 0.15) is 40.0 Å². The van der Waals surface area contributed by atoms with Crippen molar-refractivity contribution in [1.82, 2.24) is 0 Å². The van der Waals surface area contributed by atoms with Crippen LogP contribution in [0, 0.1) is 5.92 Å². The van der Waals surface area contributed by atoms with E-state index >= 15 is 0 Å². The number of esters is 1. The van der Waals surface area contributed by atoms with Crippen molar-refractivity contribution in [3.05, 3.63) is 23.5 Å². The maximum atomic E-state index is 10.6. The lowest BCUT2D eigenvalue weighted by Crippen LogP contribution is -2.07. The van der Waals surface area contributed by atoms with E-state index in [4.69, 9.17) is 4.74 Å². The average Bonchev–Trinajstić information content (AvgIpc) is 2.15. The molecule has 0 N–H and O–H groups in total. The van der Waals surface area contributed by atoms with E-state index in [0.29, 0.717) is 5.92 Å². The zero-order valence-electron chi connectivity index (χ0n) is 9.17. The molecule has 0 aromatic rings. The number of carbonyl (C=O) groups excluding carboxylic acids is 1. The summed E-state index contributed by atoms with van der Waals surface area (Å²) in [4.78, 5) is 10.6. The fourth-order valence-corrected chi connectivity index (χ4v) is 1.65. The molecule has 0 aromatic heterocycles. The van der Waals surface area contributed by atoms with E-state index < -0.39 is 0 Å². The molecule has 1 atom stereocenters. The number of allylic oxidation sites excluding steroid dienone is 3. The van der Waals surface area contributed by atoms with Crippen LogP contribution in [0.2, 0.25) is 0 Å². The zero-order chi connectivity index (χ0) is 10.6. The Morgan fingerprint density at radius 2 is 2.29 bits per heavy atom. The van der Waals surface area contributed by atoms with Gasteiger partial charge in [-0.15, -0.1) is 0 Å². The van der Waals surface area contributed by atoms with Gasteiger partial charge in [-0.1, -0.05) is 11.6 Å². The quantitative estimate of drug-likeness (QED) is 0.383. The lowest BCUT2D eigenvalue weighted by molar-refractivity contribution is -0.135. The third-order valence-electron chi connectivity index (χ3n) is 2.69. The molecule has 1 aliphatic carbocycles. The Bertz CT molecular complexity index is 274. The van der Waals surface area contributed by atoms with Gasteiger partial charge < -0.3 is 4.74 Å². The molecular weight excluding hydrogens is 176 g/mol. The Kier molecular flexibility index (Phi) is 3.93. The first kappa shape index (κ1) is 11.0. The van der Waals surface area contributed by atoms with Crippen LogP contribution in [-0.4, -0.2) is 5.97 Å². The van der Waals surface area contributed by atoms with Crippen molar-refractivity contribution in [1.29, 1.82) is 0 Å². The van der Waals surface area contributed by atoms with E-state index in [-0.39, 0.29) is 5.97 Å². The van der Waals surface area contributed by atoms with Gasteiger partial charge in [0.2, 0.25) is 0 Å². The van der Waals surface area contributed by atoms with Crippen LogP contribution in [0.15, 0.2) is 23.5 Å². The number of hydrogen-bond donors (Lipinski definition) is 0. The first-order chi connectivity index (χ1) is 6.59. The fraction of sp³-hybridized carbons (Fsp3) is 0.583. The van der Waals surface area contributed by atoms with Crippen molar-refractivity contribution in [2.75, 3.05) is 0 Å². The summed E-state index contributed by atoms with van der Waals surface area (Å²) < 4.78 is 4.86. The van der Waals surface area contributed by atoms with Gasteiger partial charge in [0.25, 0.3) is 0 Å². The summed E-state index contributed by atoms with van der Waals surface area (Å²) in [5, 5.41) is 0. The van der Waals surface area contributed by atoms with Crippen molar-refractivity contribution in [2.45, 2.75) is 40.0 Å². The molecule has 0 aliphatic heterocycles. The van der Waals surface area contributed by atoms with E-state index in [1.807, 2.05) is 6.92 Å². The highest BCUT2D eigenvalue weighted by atomic mass is 16.5. The minimum Gasteiger partial charge on any atom is -0.435 e. The highest BCUT2D eigenvalue weighted by Crippen LogP contribution is 2.28. The maximum Gasteiger partial charge on any atom is 0.307 e. The topological polar surface area (TPSA) is 26.3 Å². The van der Waals surface area contributed by atoms with Gasteiger partial charge in [0, 0.05) is 6.92 Å². The first-order valence-electron chi connectivity index (χ1n) is 5.09. The Hall–Kier alpha value is -1.05. The number of carbonyl (C=O) groups is 1.